The standard InChI is InChI=1S/C15H14N2O2S/c1-10-3-4-11(7-14(10)19-2)13(18)8-12-9-17-5-6-20-15(17)16-12/h3-7,9H,8H2,1-2H3. The summed E-state index contributed by atoms with van der Waals surface area (Å²) >= 11 is 1.56. The van der Waals surface area contributed by atoms with Gasteiger partial charge in [0.05, 0.1) is 19.2 Å². The van der Waals surface area contributed by atoms with E-state index in [9.17, 15) is 4.79 Å². The van der Waals surface area contributed by atoms with Gasteiger partial charge in [-0.25, -0.2) is 4.98 Å². The number of ketones is 1. The fourth-order valence-corrected chi connectivity index (χ4v) is 2.84. The maximum Gasteiger partial charge on any atom is 0.193 e. The van der Waals surface area contributed by atoms with Gasteiger partial charge >= 0.3 is 0 Å². The van der Waals surface area contributed by atoms with Crippen LogP contribution in [0.3, 0.4) is 0 Å². The first-order chi connectivity index (χ1) is 9.67. The van der Waals surface area contributed by atoms with Crippen molar-refractivity contribution in [3.8, 4) is 5.75 Å². The zero-order valence-corrected chi connectivity index (χ0v) is 12.1. The molecule has 0 saturated carbocycles. The number of imidazole rings is 1. The lowest BCUT2D eigenvalue weighted by Gasteiger charge is -2.06. The van der Waals surface area contributed by atoms with Crippen molar-refractivity contribution in [1.29, 1.82) is 0 Å². The van der Waals surface area contributed by atoms with Crippen LogP contribution in [0.2, 0.25) is 0 Å². The van der Waals surface area contributed by atoms with Gasteiger partial charge in [0.1, 0.15) is 5.75 Å². The van der Waals surface area contributed by atoms with E-state index in [0.29, 0.717) is 12.0 Å². The quantitative estimate of drug-likeness (QED) is 0.692. The number of aromatic nitrogens is 2. The van der Waals surface area contributed by atoms with Crippen molar-refractivity contribution in [2.24, 2.45) is 0 Å². The number of aryl methyl sites for hydroxylation is 1. The van der Waals surface area contributed by atoms with Gasteiger partial charge in [-0.05, 0) is 18.6 Å². The van der Waals surface area contributed by atoms with Crippen LogP contribution in [0.1, 0.15) is 21.6 Å². The summed E-state index contributed by atoms with van der Waals surface area (Å²) in [6.07, 6.45) is 4.14. The molecule has 2 aromatic heterocycles. The molecule has 0 aliphatic carbocycles. The van der Waals surface area contributed by atoms with Crippen molar-refractivity contribution >= 4 is 22.1 Å². The van der Waals surface area contributed by atoms with E-state index in [1.54, 1.807) is 24.5 Å². The zero-order chi connectivity index (χ0) is 14.1. The van der Waals surface area contributed by atoms with Crippen LogP contribution in [0.25, 0.3) is 4.96 Å². The minimum atomic E-state index is 0.0500. The first kappa shape index (κ1) is 12.9. The molecule has 3 rings (SSSR count). The molecule has 102 valence electrons. The summed E-state index contributed by atoms with van der Waals surface area (Å²) in [5, 5.41) is 1.97. The fraction of sp³-hybridized carbons (Fsp3) is 0.200. The minimum absolute atomic E-state index is 0.0500. The maximum absolute atomic E-state index is 12.3. The van der Waals surface area contributed by atoms with Crippen molar-refractivity contribution in [1.82, 2.24) is 9.38 Å². The van der Waals surface area contributed by atoms with Crippen LogP contribution in [0, 0.1) is 6.92 Å². The van der Waals surface area contributed by atoms with Crippen LogP contribution in [-0.2, 0) is 6.42 Å². The Balaban J connectivity index is 1.83. The number of thiazole rings is 1. The Morgan fingerprint density at radius 2 is 2.30 bits per heavy atom. The molecule has 0 aliphatic heterocycles. The van der Waals surface area contributed by atoms with Crippen molar-refractivity contribution in [2.75, 3.05) is 7.11 Å². The number of benzene rings is 1. The number of ether oxygens (including phenoxy) is 1. The number of hydrogen-bond donors (Lipinski definition) is 0. The molecule has 0 atom stereocenters. The van der Waals surface area contributed by atoms with Crippen molar-refractivity contribution < 1.29 is 9.53 Å². The van der Waals surface area contributed by atoms with Crippen LogP contribution in [0.15, 0.2) is 36.0 Å². The largest absolute Gasteiger partial charge is 0.496 e. The van der Waals surface area contributed by atoms with E-state index in [4.69, 9.17) is 4.74 Å². The van der Waals surface area contributed by atoms with E-state index < -0.39 is 0 Å². The second-order valence-electron chi connectivity index (χ2n) is 4.61. The Morgan fingerprint density at radius 3 is 3.05 bits per heavy atom. The van der Waals surface area contributed by atoms with Crippen molar-refractivity contribution in [2.45, 2.75) is 13.3 Å². The summed E-state index contributed by atoms with van der Waals surface area (Å²) in [5.41, 5.74) is 2.47. The molecule has 2 heterocycles. The molecule has 0 amide bonds. The summed E-state index contributed by atoms with van der Waals surface area (Å²) < 4.78 is 7.18. The zero-order valence-electron chi connectivity index (χ0n) is 11.3. The van der Waals surface area contributed by atoms with Gasteiger partial charge in [-0.1, -0.05) is 12.1 Å². The van der Waals surface area contributed by atoms with E-state index in [2.05, 4.69) is 4.98 Å². The Morgan fingerprint density at radius 1 is 1.45 bits per heavy atom. The summed E-state index contributed by atoms with van der Waals surface area (Å²) in [7, 11) is 1.61. The van der Waals surface area contributed by atoms with Gasteiger partial charge in [0.15, 0.2) is 10.7 Å². The van der Waals surface area contributed by atoms with Crippen LogP contribution in [0.5, 0.6) is 5.75 Å². The average molecular weight is 286 g/mol. The molecule has 0 fully saturated rings. The van der Waals surface area contributed by atoms with Gasteiger partial charge in [-0.2, -0.15) is 0 Å². The highest BCUT2D eigenvalue weighted by Gasteiger charge is 2.12. The topological polar surface area (TPSA) is 43.6 Å². The molecular formula is C15H14N2O2S. The number of hydrogen-bond acceptors (Lipinski definition) is 4. The Labute approximate surface area is 120 Å². The molecule has 3 aromatic rings. The number of rotatable bonds is 4. The second-order valence-corrected chi connectivity index (χ2v) is 5.48. The highest BCUT2D eigenvalue weighted by Crippen LogP contribution is 2.20. The Bertz CT molecular complexity index is 745. The Kier molecular flexibility index (Phi) is 3.28. The van der Waals surface area contributed by atoms with Gasteiger partial charge in [0, 0.05) is 23.3 Å². The summed E-state index contributed by atoms with van der Waals surface area (Å²) in [6.45, 7) is 1.95. The third-order valence-corrected chi connectivity index (χ3v) is 3.99. The van der Waals surface area contributed by atoms with Crippen molar-refractivity contribution in [3.05, 3.63) is 52.8 Å². The fourth-order valence-electron chi connectivity index (χ4n) is 2.12. The maximum atomic E-state index is 12.3. The van der Waals surface area contributed by atoms with E-state index in [1.807, 2.05) is 41.2 Å². The number of Topliss-reactive ketones (excluding diaryl/α,β-unsaturated/α-hetero) is 1. The molecule has 0 saturated heterocycles. The molecule has 0 unspecified atom stereocenters. The first-order valence-electron chi connectivity index (χ1n) is 6.26. The minimum Gasteiger partial charge on any atom is -0.496 e. The monoisotopic (exact) mass is 286 g/mol. The normalized spacial score (nSPS) is 10.9. The van der Waals surface area contributed by atoms with Crippen LogP contribution < -0.4 is 4.74 Å². The first-order valence-corrected chi connectivity index (χ1v) is 7.14. The number of methoxy groups -OCH3 is 1. The molecule has 1 aromatic carbocycles. The number of carbonyl (C=O) groups is 1. The summed E-state index contributed by atoms with van der Waals surface area (Å²) in [5.74, 6) is 0.788. The lowest BCUT2D eigenvalue weighted by Crippen LogP contribution is -2.04. The molecule has 0 spiro atoms. The molecule has 0 radical (unpaired) electrons. The highest BCUT2D eigenvalue weighted by atomic mass is 32.1. The van der Waals surface area contributed by atoms with Crippen LogP contribution >= 0.6 is 11.3 Å². The van der Waals surface area contributed by atoms with E-state index in [0.717, 1.165) is 22.0 Å². The van der Waals surface area contributed by atoms with E-state index >= 15 is 0 Å². The number of nitrogens with zero attached hydrogens (tertiary/aromatic N) is 2. The molecule has 20 heavy (non-hydrogen) atoms. The number of carbonyl (C=O) groups excluding carboxylic acids is 1. The molecular weight excluding hydrogens is 272 g/mol. The molecule has 0 aliphatic rings. The van der Waals surface area contributed by atoms with Gasteiger partial charge in [-0.15, -0.1) is 11.3 Å². The molecule has 5 heteroatoms. The van der Waals surface area contributed by atoms with Crippen molar-refractivity contribution in [3.63, 3.8) is 0 Å². The third-order valence-electron chi connectivity index (χ3n) is 3.21. The van der Waals surface area contributed by atoms with Crippen LogP contribution in [0.4, 0.5) is 0 Å². The number of fused-ring (bicyclic) bond motifs is 1. The van der Waals surface area contributed by atoms with Gasteiger partial charge in [0.2, 0.25) is 0 Å². The second kappa shape index (κ2) is 5.09. The average Bonchev–Trinajstić information content (AvgIpc) is 3.00. The third kappa shape index (κ3) is 2.32. The summed E-state index contributed by atoms with van der Waals surface area (Å²) in [6, 6.07) is 5.52. The highest BCUT2D eigenvalue weighted by molar-refractivity contribution is 7.15. The molecule has 0 bridgehead atoms. The predicted molar refractivity (Wildman–Crippen MR) is 78.8 cm³/mol. The van der Waals surface area contributed by atoms with E-state index in [-0.39, 0.29) is 5.78 Å². The van der Waals surface area contributed by atoms with E-state index in [1.165, 1.54) is 0 Å². The smallest absolute Gasteiger partial charge is 0.193 e. The van der Waals surface area contributed by atoms with Gasteiger partial charge < -0.3 is 4.74 Å². The van der Waals surface area contributed by atoms with Gasteiger partial charge in [0.25, 0.3) is 0 Å². The van der Waals surface area contributed by atoms with Crippen LogP contribution in [-0.4, -0.2) is 22.3 Å². The lowest BCUT2D eigenvalue weighted by molar-refractivity contribution is 0.0991. The molecule has 0 N–H and O–H groups in total. The summed E-state index contributed by atoms with van der Waals surface area (Å²) in [4.78, 5) is 17.6. The Hall–Kier alpha value is -2.14. The lowest BCUT2D eigenvalue weighted by atomic mass is 10.0. The molecule has 4 nitrogen and oxygen atoms in total. The van der Waals surface area contributed by atoms with Gasteiger partial charge in [-0.3, -0.25) is 9.20 Å². The predicted octanol–water partition coefficient (Wildman–Crippen LogP) is 3.14. The SMILES string of the molecule is COc1cc(C(=O)Cc2cn3ccsc3n2)ccc1C.